The minimum Gasteiger partial charge on any atom is -0.355 e. The second-order valence-electron chi connectivity index (χ2n) is 7.36. The van der Waals surface area contributed by atoms with Crippen LogP contribution in [0.5, 0.6) is 0 Å². The molecule has 148 valence electrons. The lowest BCUT2D eigenvalue weighted by molar-refractivity contribution is -0.128. The first kappa shape index (κ1) is 18.9. The highest BCUT2D eigenvalue weighted by atomic mass is 16.5. The molecule has 0 saturated carbocycles. The smallest absolute Gasteiger partial charge is 0.273 e. The highest BCUT2D eigenvalue weighted by Crippen LogP contribution is 2.21. The van der Waals surface area contributed by atoms with Crippen LogP contribution in [0.15, 0.2) is 59.1 Å². The molecule has 1 aliphatic heterocycles. The Morgan fingerprint density at radius 2 is 1.83 bits per heavy atom. The maximum absolute atomic E-state index is 12.4. The number of carbonyl (C=O) groups excluding carboxylic acids is 2. The number of nitrogens with one attached hydrogen (secondary N) is 1. The molecule has 6 heteroatoms. The summed E-state index contributed by atoms with van der Waals surface area (Å²) in [4.78, 5) is 26.0. The van der Waals surface area contributed by atoms with Gasteiger partial charge in [0.1, 0.15) is 0 Å². The SMILES string of the molecule is Cc1ccc(-c2cc(C(=O)NCc3ccc(CN4CCCC4=O)cc3)no2)cc1. The van der Waals surface area contributed by atoms with Crippen molar-refractivity contribution >= 4 is 11.8 Å². The van der Waals surface area contributed by atoms with Crippen LogP contribution < -0.4 is 5.32 Å². The molecule has 0 unspecified atom stereocenters. The Labute approximate surface area is 169 Å². The van der Waals surface area contributed by atoms with Crippen molar-refractivity contribution in [3.63, 3.8) is 0 Å². The lowest BCUT2D eigenvalue weighted by Crippen LogP contribution is -2.24. The number of benzene rings is 2. The summed E-state index contributed by atoms with van der Waals surface area (Å²) < 4.78 is 5.31. The van der Waals surface area contributed by atoms with Gasteiger partial charge in [0.2, 0.25) is 5.91 Å². The van der Waals surface area contributed by atoms with E-state index in [4.69, 9.17) is 4.52 Å². The van der Waals surface area contributed by atoms with Crippen molar-refractivity contribution in [2.24, 2.45) is 0 Å². The minimum atomic E-state index is -0.279. The summed E-state index contributed by atoms with van der Waals surface area (Å²) in [6.45, 7) is 3.89. The maximum atomic E-state index is 12.4. The van der Waals surface area contributed by atoms with Crippen LogP contribution in [-0.2, 0) is 17.9 Å². The van der Waals surface area contributed by atoms with Gasteiger partial charge in [-0.25, -0.2) is 0 Å². The maximum Gasteiger partial charge on any atom is 0.273 e. The van der Waals surface area contributed by atoms with E-state index in [0.29, 0.717) is 25.3 Å². The zero-order valence-electron chi connectivity index (χ0n) is 16.4. The summed E-state index contributed by atoms with van der Waals surface area (Å²) in [5.41, 5.74) is 4.37. The monoisotopic (exact) mass is 389 g/mol. The molecule has 1 aromatic heterocycles. The van der Waals surface area contributed by atoms with Gasteiger partial charge in [-0.15, -0.1) is 0 Å². The fraction of sp³-hybridized carbons (Fsp3) is 0.261. The minimum absolute atomic E-state index is 0.221. The van der Waals surface area contributed by atoms with Gasteiger partial charge in [-0.1, -0.05) is 59.3 Å². The Balaban J connectivity index is 1.32. The van der Waals surface area contributed by atoms with Crippen LogP contribution in [0.4, 0.5) is 0 Å². The topological polar surface area (TPSA) is 75.4 Å². The molecule has 1 fully saturated rings. The molecule has 1 aliphatic rings. The number of likely N-dealkylation sites (tertiary alicyclic amines) is 1. The van der Waals surface area contributed by atoms with E-state index in [9.17, 15) is 9.59 Å². The van der Waals surface area contributed by atoms with Gasteiger partial charge in [-0.05, 0) is 24.5 Å². The van der Waals surface area contributed by atoms with Gasteiger partial charge in [0.15, 0.2) is 11.5 Å². The van der Waals surface area contributed by atoms with E-state index in [0.717, 1.165) is 35.2 Å². The summed E-state index contributed by atoms with van der Waals surface area (Å²) in [7, 11) is 0. The number of nitrogens with zero attached hydrogens (tertiary/aromatic N) is 2. The highest BCUT2D eigenvalue weighted by Gasteiger charge is 2.19. The lowest BCUT2D eigenvalue weighted by Gasteiger charge is -2.15. The molecule has 2 aromatic carbocycles. The second-order valence-corrected chi connectivity index (χ2v) is 7.36. The Bertz CT molecular complexity index is 1010. The van der Waals surface area contributed by atoms with E-state index in [1.807, 2.05) is 60.4 Å². The van der Waals surface area contributed by atoms with Gasteiger partial charge in [0.25, 0.3) is 5.91 Å². The molecule has 1 N–H and O–H groups in total. The fourth-order valence-corrected chi connectivity index (χ4v) is 3.36. The number of rotatable bonds is 6. The van der Waals surface area contributed by atoms with E-state index in [1.165, 1.54) is 0 Å². The molecule has 0 spiro atoms. The zero-order valence-corrected chi connectivity index (χ0v) is 16.4. The third kappa shape index (κ3) is 4.54. The van der Waals surface area contributed by atoms with E-state index in [1.54, 1.807) is 6.07 Å². The molecule has 0 bridgehead atoms. The number of hydrogen-bond acceptors (Lipinski definition) is 4. The lowest BCUT2D eigenvalue weighted by atomic mass is 10.1. The molecular formula is C23H23N3O3. The van der Waals surface area contributed by atoms with Gasteiger partial charge < -0.3 is 14.7 Å². The first-order chi connectivity index (χ1) is 14.1. The summed E-state index contributed by atoms with van der Waals surface area (Å²) in [6.07, 6.45) is 1.59. The molecule has 6 nitrogen and oxygen atoms in total. The van der Waals surface area contributed by atoms with Crippen molar-refractivity contribution in [2.75, 3.05) is 6.54 Å². The summed E-state index contributed by atoms with van der Waals surface area (Å²) in [5.74, 6) is 0.508. The largest absolute Gasteiger partial charge is 0.355 e. The van der Waals surface area contributed by atoms with Gasteiger partial charge in [-0.3, -0.25) is 9.59 Å². The van der Waals surface area contributed by atoms with Crippen LogP contribution in [-0.4, -0.2) is 28.4 Å². The molecule has 2 heterocycles. The van der Waals surface area contributed by atoms with E-state index >= 15 is 0 Å². The van der Waals surface area contributed by atoms with Gasteiger partial charge >= 0.3 is 0 Å². The molecule has 0 aliphatic carbocycles. The molecule has 3 aromatic rings. The summed E-state index contributed by atoms with van der Waals surface area (Å²) in [6, 6.07) is 17.4. The molecule has 2 amide bonds. The first-order valence-corrected chi connectivity index (χ1v) is 9.76. The quantitative estimate of drug-likeness (QED) is 0.697. The van der Waals surface area contributed by atoms with Crippen molar-refractivity contribution in [3.05, 3.63) is 77.0 Å². The normalized spacial score (nSPS) is 13.7. The number of hydrogen-bond donors (Lipinski definition) is 1. The number of aromatic nitrogens is 1. The predicted octanol–water partition coefficient (Wildman–Crippen LogP) is 3.70. The van der Waals surface area contributed by atoms with Crippen LogP contribution in [0.25, 0.3) is 11.3 Å². The summed E-state index contributed by atoms with van der Waals surface area (Å²) >= 11 is 0. The number of aryl methyl sites for hydroxylation is 1. The Morgan fingerprint density at radius 1 is 1.10 bits per heavy atom. The molecule has 29 heavy (non-hydrogen) atoms. The summed E-state index contributed by atoms with van der Waals surface area (Å²) in [5, 5.41) is 6.74. The highest BCUT2D eigenvalue weighted by molar-refractivity contribution is 5.93. The third-order valence-corrected chi connectivity index (χ3v) is 5.10. The number of carbonyl (C=O) groups is 2. The van der Waals surface area contributed by atoms with Gasteiger partial charge in [0, 0.05) is 37.7 Å². The predicted molar refractivity (Wildman–Crippen MR) is 109 cm³/mol. The fourth-order valence-electron chi connectivity index (χ4n) is 3.36. The van der Waals surface area contributed by atoms with E-state index in [-0.39, 0.29) is 17.5 Å². The third-order valence-electron chi connectivity index (χ3n) is 5.10. The van der Waals surface area contributed by atoms with E-state index < -0.39 is 0 Å². The Kier molecular flexibility index (Phi) is 5.42. The molecular weight excluding hydrogens is 366 g/mol. The van der Waals surface area contributed by atoms with Crippen LogP contribution in [0.1, 0.15) is 40.0 Å². The Hall–Kier alpha value is -3.41. The van der Waals surface area contributed by atoms with Crippen molar-refractivity contribution in [1.82, 2.24) is 15.4 Å². The van der Waals surface area contributed by atoms with Crippen molar-refractivity contribution in [2.45, 2.75) is 32.9 Å². The van der Waals surface area contributed by atoms with Crippen LogP contribution in [0, 0.1) is 6.92 Å². The average molecular weight is 389 g/mol. The van der Waals surface area contributed by atoms with E-state index in [2.05, 4.69) is 10.5 Å². The first-order valence-electron chi connectivity index (χ1n) is 9.76. The van der Waals surface area contributed by atoms with Crippen LogP contribution in [0.3, 0.4) is 0 Å². The van der Waals surface area contributed by atoms with Gasteiger partial charge in [-0.2, -0.15) is 0 Å². The average Bonchev–Trinajstić information content (AvgIpc) is 3.38. The number of amides is 2. The zero-order chi connectivity index (χ0) is 20.2. The van der Waals surface area contributed by atoms with Gasteiger partial charge in [0.05, 0.1) is 0 Å². The second kappa shape index (κ2) is 8.31. The molecule has 4 rings (SSSR count). The molecule has 1 saturated heterocycles. The Morgan fingerprint density at radius 3 is 2.52 bits per heavy atom. The van der Waals surface area contributed by atoms with Crippen LogP contribution >= 0.6 is 0 Å². The van der Waals surface area contributed by atoms with Crippen molar-refractivity contribution in [1.29, 1.82) is 0 Å². The molecule has 0 atom stereocenters. The standard InChI is InChI=1S/C23H23N3O3/c1-16-4-10-19(11-5-16)21-13-20(25-29-21)23(28)24-14-17-6-8-18(9-7-17)15-26-12-2-3-22(26)27/h4-11,13H,2-3,12,14-15H2,1H3,(H,24,28). The van der Waals surface area contributed by atoms with Crippen molar-refractivity contribution in [3.8, 4) is 11.3 Å². The van der Waals surface area contributed by atoms with Crippen LogP contribution in [0.2, 0.25) is 0 Å². The van der Waals surface area contributed by atoms with Crippen molar-refractivity contribution < 1.29 is 14.1 Å². The molecule has 0 radical (unpaired) electrons.